The largest absolute Gasteiger partial charge is 0.348 e. The number of carbonyl (C=O) groups is 2. The van der Waals surface area contributed by atoms with Gasteiger partial charge in [-0.05, 0) is 74.6 Å². The molecule has 0 spiro atoms. The zero-order valence-electron chi connectivity index (χ0n) is 18.2. The molecule has 7 nitrogen and oxygen atoms in total. The first-order chi connectivity index (χ1) is 15.2. The van der Waals surface area contributed by atoms with Gasteiger partial charge in [0.05, 0.1) is 4.90 Å². The van der Waals surface area contributed by atoms with E-state index in [1.54, 1.807) is 41.6 Å². The zero-order chi connectivity index (χ0) is 23.3. The highest BCUT2D eigenvalue weighted by atomic mass is 35.5. The van der Waals surface area contributed by atoms with Crippen molar-refractivity contribution < 1.29 is 18.0 Å². The summed E-state index contributed by atoms with van der Waals surface area (Å²) in [5.41, 5.74) is 2.07. The Balaban J connectivity index is 1.60. The number of aryl methyl sites for hydroxylation is 2. The first-order valence-electron chi connectivity index (χ1n) is 10.6. The lowest BCUT2D eigenvalue weighted by atomic mass is 10.0. The summed E-state index contributed by atoms with van der Waals surface area (Å²) in [6.07, 6.45) is 2.88. The molecule has 2 aromatic rings. The van der Waals surface area contributed by atoms with Crippen molar-refractivity contribution in [3.8, 4) is 0 Å². The number of piperidine rings is 1. The van der Waals surface area contributed by atoms with Gasteiger partial charge in [0.1, 0.15) is 0 Å². The SMILES string of the molecule is Cc1ccc(C)c(S(=O)(=O)N2CCCCC2CCNC(=O)C(=O)Nc2ccc(Cl)cc2)c1. The number of sulfonamides is 1. The lowest BCUT2D eigenvalue weighted by molar-refractivity contribution is -0.136. The smallest absolute Gasteiger partial charge is 0.313 e. The summed E-state index contributed by atoms with van der Waals surface area (Å²) in [6.45, 7) is 4.32. The lowest BCUT2D eigenvalue weighted by Gasteiger charge is -2.35. The fourth-order valence-electron chi connectivity index (χ4n) is 3.84. The van der Waals surface area contributed by atoms with E-state index >= 15 is 0 Å². The molecule has 0 saturated carbocycles. The van der Waals surface area contributed by atoms with Gasteiger partial charge in [-0.2, -0.15) is 4.31 Å². The molecule has 9 heteroatoms. The van der Waals surface area contributed by atoms with Gasteiger partial charge in [-0.25, -0.2) is 8.42 Å². The van der Waals surface area contributed by atoms with E-state index < -0.39 is 21.8 Å². The number of carbonyl (C=O) groups excluding carboxylic acids is 2. The van der Waals surface area contributed by atoms with Crippen molar-refractivity contribution in [2.75, 3.05) is 18.4 Å². The molecule has 0 bridgehead atoms. The van der Waals surface area contributed by atoms with Crippen LogP contribution in [-0.2, 0) is 19.6 Å². The van der Waals surface area contributed by atoms with Crippen LogP contribution < -0.4 is 10.6 Å². The molecule has 0 aromatic heterocycles. The lowest BCUT2D eigenvalue weighted by Crippen LogP contribution is -2.46. The summed E-state index contributed by atoms with van der Waals surface area (Å²) in [4.78, 5) is 24.6. The van der Waals surface area contributed by atoms with E-state index in [9.17, 15) is 18.0 Å². The van der Waals surface area contributed by atoms with Gasteiger partial charge in [-0.15, -0.1) is 0 Å². The quantitative estimate of drug-likeness (QED) is 0.621. The molecule has 1 atom stereocenters. The fourth-order valence-corrected chi connectivity index (χ4v) is 6.01. The highest BCUT2D eigenvalue weighted by Gasteiger charge is 2.34. The second-order valence-corrected chi connectivity index (χ2v) is 10.3. The second kappa shape index (κ2) is 10.5. The summed E-state index contributed by atoms with van der Waals surface area (Å²) >= 11 is 5.81. The van der Waals surface area contributed by atoms with Crippen molar-refractivity contribution in [2.45, 2.75) is 50.5 Å². The molecule has 1 aliphatic heterocycles. The van der Waals surface area contributed by atoms with Crippen LogP contribution in [0.15, 0.2) is 47.4 Å². The fraction of sp³-hybridized carbons (Fsp3) is 0.391. The maximum Gasteiger partial charge on any atom is 0.313 e. The third-order valence-electron chi connectivity index (χ3n) is 5.57. The molecule has 1 saturated heterocycles. The molecule has 1 fully saturated rings. The van der Waals surface area contributed by atoms with Gasteiger partial charge in [0.15, 0.2) is 0 Å². The number of nitrogens with one attached hydrogen (secondary N) is 2. The Morgan fingerprint density at radius 2 is 1.78 bits per heavy atom. The van der Waals surface area contributed by atoms with Crippen molar-refractivity contribution in [1.82, 2.24) is 9.62 Å². The van der Waals surface area contributed by atoms with Crippen molar-refractivity contribution >= 4 is 39.1 Å². The summed E-state index contributed by atoms with van der Waals surface area (Å²) in [5, 5.41) is 5.63. The number of halogens is 1. The van der Waals surface area contributed by atoms with E-state index in [4.69, 9.17) is 11.6 Å². The van der Waals surface area contributed by atoms with Gasteiger partial charge in [0, 0.05) is 29.8 Å². The standard InChI is InChI=1S/C23H28ClN3O4S/c1-16-6-7-17(2)21(15-16)32(30,31)27-14-4-3-5-20(27)12-13-25-22(28)23(29)26-19-10-8-18(24)9-11-19/h6-11,15,20H,3-5,12-14H2,1-2H3,(H,25,28)(H,26,29). The number of hydrogen-bond donors (Lipinski definition) is 2. The predicted molar refractivity (Wildman–Crippen MR) is 125 cm³/mol. The minimum absolute atomic E-state index is 0.205. The molecule has 1 aliphatic rings. The van der Waals surface area contributed by atoms with Gasteiger partial charge in [-0.1, -0.05) is 30.2 Å². The van der Waals surface area contributed by atoms with Crippen molar-refractivity contribution in [2.24, 2.45) is 0 Å². The van der Waals surface area contributed by atoms with Gasteiger partial charge >= 0.3 is 11.8 Å². The van der Waals surface area contributed by atoms with E-state index in [1.165, 1.54) is 0 Å². The van der Waals surface area contributed by atoms with E-state index in [0.717, 1.165) is 24.8 Å². The molecular weight excluding hydrogens is 450 g/mol. The maximum absolute atomic E-state index is 13.4. The Bertz CT molecular complexity index is 1090. The van der Waals surface area contributed by atoms with Crippen LogP contribution in [0, 0.1) is 13.8 Å². The molecule has 2 N–H and O–H groups in total. The number of hydrogen-bond acceptors (Lipinski definition) is 4. The molecule has 172 valence electrons. The van der Waals surface area contributed by atoms with Crippen molar-refractivity contribution in [1.29, 1.82) is 0 Å². The number of amides is 2. The Kier molecular flexibility index (Phi) is 7.92. The molecule has 0 radical (unpaired) electrons. The molecule has 32 heavy (non-hydrogen) atoms. The number of benzene rings is 2. The van der Waals surface area contributed by atoms with E-state index in [2.05, 4.69) is 10.6 Å². The van der Waals surface area contributed by atoms with Crippen molar-refractivity contribution in [3.63, 3.8) is 0 Å². The van der Waals surface area contributed by atoms with Crippen LogP contribution in [0.4, 0.5) is 5.69 Å². The first-order valence-corrected chi connectivity index (χ1v) is 12.4. The van der Waals surface area contributed by atoms with Crippen LogP contribution >= 0.6 is 11.6 Å². The summed E-state index contributed by atoms with van der Waals surface area (Å²) in [7, 11) is -3.65. The molecule has 1 unspecified atom stereocenters. The average Bonchev–Trinajstić information content (AvgIpc) is 2.77. The minimum atomic E-state index is -3.65. The van der Waals surface area contributed by atoms with Crippen LogP contribution in [0.3, 0.4) is 0 Å². The van der Waals surface area contributed by atoms with Crippen LogP contribution in [0.1, 0.15) is 36.8 Å². The Labute approximate surface area is 194 Å². The van der Waals surface area contributed by atoms with E-state index in [-0.39, 0.29) is 12.6 Å². The zero-order valence-corrected chi connectivity index (χ0v) is 19.8. The summed E-state index contributed by atoms with van der Waals surface area (Å²) < 4.78 is 28.3. The maximum atomic E-state index is 13.4. The highest BCUT2D eigenvalue weighted by Crippen LogP contribution is 2.29. The molecule has 3 rings (SSSR count). The van der Waals surface area contributed by atoms with Crippen molar-refractivity contribution in [3.05, 3.63) is 58.6 Å². The average molecular weight is 478 g/mol. The number of anilines is 1. The van der Waals surface area contributed by atoms with E-state index in [1.807, 2.05) is 19.1 Å². The highest BCUT2D eigenvalue weighted by molar-refractivity contribution is 7.89. The Morgan fingerprint density at radius 3 is 2.50 bits per heavy atom. The predicted octanol–water partition coefficient (Wildman–Crippen LogP) is 3.65. The Hall–Kier alpha value is -2.42. The second-order valence-electron chi connectivity index (χ2n) is 8.04. The third-order valence-corrected chi connectivity index (χ3v) is 7.92. The Morgan fingerprint density at radius 1 is 1.06 bits per heavy atom. The minimum Gasteiger partial charge on any atom is -0.348 e. The van der Waals surface area contributed by atoms with Crippen LogP contribution in [0.2, 0.25) is 5.02 Å². The van der Waals surface area contributed by atoms with E-state index in [0.29, 0.717) is 34.1 Å². The normalized spacial score (nSPS) is 17.0. The molecule has 0 aliphatic carbocycles. The van der Waals surface area contributed by atoms with Crippen LogP contribution in [0.25, 0.3) is 0 Å². The summed E-state index contributed by atoms with van der Waals surface area (Å²) in [5.74, 6) is -1.55. The van der Waals surface area contributed by atoms with Crippen LogP contribution in [0.5, 0.6) is 0 Å². The third kappa shape index (κ3) is 5.88. The van der Waals surface area contributed by atoms with Gasteiger partial charge in [0.2, 0.25) is 10.0 Å². The topological polar surface area (TPSA) is 95.6 Å². The number of nitrogens with zero attached hydrogens (tertiary/aromatic N) is 1. The van der Waals surface area contributed by atoms with Gasteiger partial charge < -0.3 is 10.6 Å². The number of rotatable bonds is 6. The molecular formula is C23H28ClN3O4S. The monoisotopic (exact) mass is 477 g/mol. The molecule has 2 aromatic carbocycles. The molecule has 1 heterocycles. The first kappa shape index (κ1) is 24.2. The summed E-state index contributed by atoms with van der Waals surface area (Å²) in [6, 6.07) is 11.6. The molecule has 2 amide bonds. The van der Waals surface area contributed by atoms with Gasteiger partial charge in [-0.3, -0.25) is 9.59 Å². The van der Waals surface area contributed by atoms with Crippen LogP contribution in [-0.4, -0.2) is 43.7 Å². The van der Waals surface area contributed by atoms with Gasteiger partial charge in [0.25, 0.3) is 0 Å².